The molecule has 6 nitrogen and oxygen atoms in total. The first kappa shape index (κ1) is 15.1. The molecule has 1 atom stereocenters. The van der Waals surface area contributed by atoms with Crippen molar-refractivity contribution in [2.24, 2.45) is 0 Å². The second kappa shape index (κ2) is 7.45. The van der Waals surface area contributed by atoms with Crippen LogP contribution in [0.1, 0.15) is 11.6 Å². The molecule has 1 aromatic rings. The van der Waals surface area contributed by atoms with Crippen molar-refractivity contribution in [2.45, 2.75) is 6.04 Å². The molecule has 0 amide bonds. The number of aliphatic hydroxyl groups is 1. The lowest BCUT2D eigenvalue weighted by Crippen LogP contribution is -2.41. The standard InChI is InChI=1S/C11H18N2O4S/c1-17-8-7-12-18(15,16)13-11(9-14)10-5-3-2-4-6-10/h2-6,11-14H,7-9H2,1H3/t11-/m1/s1. The molecule has 1 rings (SSSR count). The van der Waals surface area contributed by atoms with E-state index in [9.17, 15) is 13.5 Å². The van der Waals surface area contributed by atoms with E-state index in [4.69, 9.17) is 4.74 Å². The van der Waals surface area contributed by atoms with Crippen molar-refractivity contribution >= 4 is 10.2 Å². The summed E-state index contributed by atoms with van der Waals surface area (Å²) in [7, 11) is -2.16. The highest BCUT2D eigenvalue weighted by Gasteiger charge is 2.17. The predicted molar refractivity (Wildman–Crippen MR) is 68.2 cm³/mol. The minimum Gasteiger partial charge on any atom is -0.394 e. The van der Waals surface area contributed by atoms with Crippen LogP contribution in [0.25, 0.3) is 0 Å². The molecule has 1 aromatic carbocycles. The Morgan fingerprint density at radius 1 is 1.33 bits per heavy atom. The van der Waals surface area contributed by atoms with Crippen molar-refractivity contribution < 1.29 is 18.3 Å². The van der Waals surface area contributed by atoms with Gasteiger partial charge in [0.05, 0.1) is 19.3 Å². The highest BCUT2D eigenvalue weighted by molar-refractivity contribution is 7.87. The molecule has 0 aromatic heterocycles. The molecule has 0 radical (unpaired) electrons. The summed E-state index contributed by atoms with van der Waals surface area (Å²) in [5.74, 6) is 0. The van der Waals surface area contributed by atoms with E-state index >= 15 is 0 Å². The van der Waals surface area contributed by atoms with Gasteiger partial charge in [-0.15, -0.1) is 0 Å². The number of ether oxygens (including phenoxy) is 1. The monoisotopic (exact) mass is 274 g/mol. The zero-order valence-electron chi connectivity index (χ0n) is 10.2. The van der Waals surface area contributed by atoms with E-state index in [0.717, 1.165) is 0 Å². The van der Waals surface area contributed by atoms with Crippen molar-refractivity contribution in [1.29, 1.82) is 0 Å². The largest absolute Gasteiger partial charge is 0.394 e. The summed E-state index contributed by atoms with van der Waals surface area (Å²) in [6.45, 7) is 0.157. The van der Waals surface area contributed by atoms with Gasteiger partial charge < -0.3 is 9.84 Å². The van der Waals surface area contributed by atoms with Gasteiger partial charge >= 0.3 is 0 Å². The van der Waals surface area contributed by atoms with Crippen LogP contribution in [0.5, 0.6) is 0 Å². The van der Waals surface area contributed by atoms with Crippen LogP contribution in [-0.4, -0.2) is 40.4 Å². The van der Waals surface area contributed by atoms with Gasteiger partial charge in [-0.1, -0.05) is 30.3 Å². The van der Waals surface area contributed by atoms with E-state index in [1.807, 2.05) is 6.07 Å². The average Bonchev–Trinajstić information content (AvgIpc) is 2.37. The second-order valence-corrected chi connectivity index (χ2v) is 5.19. The zero-order chi connectivity index (χ0) is 13.4. The molecule has 0 unspecified atom stereocenters. The van der Waals surface area contributed by atoms with Crippen LogP contribution >= 0.6 is 0 Å². The zero-order valence-corrected chi connectivity index (χ0v) is 11.0. The molecule has 0 aliphatic rings. The molecule has 0 fully saturated rings. The summed E-state index contributed by atoms with van der Waals surface area (Å²) in [5.41, 5.74) is 0.706. The number of benzene rings is 1. The third kappa shape index (κ3) is 5.11. The van der Waals surface area contributed by atoms with Gasteiger partial charge in [-0.25, -0.2) is 0 Å². The molecule has 7 heteroatoms. The van der Waals surface area contributed by atoms with Gasteiger partial charge in [0, 0.05) is 13.7 Å². The minimum atomic E-state index is -3.65. The molecule has 0 saturated carbocycles. The van der Waals surface area contributed by atoms with Gasteiger partial charge in [0.25, 0.3) is 10.2 Å². The Hall–Kier alpha value is -0.990. The quantitative estimate of drug-likeness (QED) is 0.572. The Balaban J connectivity index is 2.63. The Labute approximate surface area is 107 Å². The summed E-state index contributed by atoms with van der Waals surface area (Å²) in [6.07, 6.45) is 0. The van der Waals surface area contributed by atoms with Crippen molar-refractivity contribution in [1.82, 2.24) is 9.44 Å². The first-order valence-electron chi connectivity index (χ1n) is 5.50. The first-order chi connectivity index (χ1) is 8.59. The Morgan fingerprint density at radius 2 is 2.00 bits per heavy atom. The third-order valence-electron chi connectivity index (χ3n) is 2.28. The average molecular weight is 274 g/mol. The molecule has 0 aliphatic carbocycles. The topological polar surface area (TPSA) is 87.7 Å². The fraction of sp³-hybridized carbons (Fsp3) is 0.455. The van der Waals surface area contributed by atoms with Gasteiger partial charge in [-0.3, -0.25) is 0 Å². The van der Waals surface area contributed by atoms with Crippen LogP contribution in [0.15, 0.2) is 30.3 Å². The number of methoxy groups -OCH3 is 1. The van der Waals surface area contributed by atoms with E-state index in [1.165, 1.54) is 7.11 Å². The van der Waals surface area contributed by atoms with E-state index < -0.39 is 16.3 Å². The molecule has 0 saturated heterocycles. The van der Waals surface area contributed by atoms with Crippen LogP contribution < -0.4 is 9.44 Å². The lowest BCUT2D eigenvalue weighted by molar-refractivity contribution is 0.204. The van der Waals surface area contributed by atoms with Crippen LogP contribution in [0.3, 0.4) is 0 Å². The molecule has 0 aliphatic heterocycles. The van der Waals surface area contributed by atoms with E-state index in [-0.39, 0.29) is 19.8 Å². The van der Waals surface area contributed by atoms with Crippen LogP contribution in [0, 0.1) is 0 Å². The molecule has 18 heavy (non-hydrogen) atoms. The third-order valence-corrected chi connectivity index (χ3v) is 3.46. The van der Waals surface area contributed by atoms with Crippen molar-refractivity contribution in [3.63, 3.8) is 0 Å². The fourth-order valence-electron chi connectivity index (χ4n) is 1.40. The normalized spacial score (nSPS) is 13.4. The van der Waals surface area contributed by atoms with Gasteiger partial charge in [-0.05, 0) is 5.56 Å². The SMILES string of the molecule is COCCNS(=O)(=O)N[C@H](CO)c1ccccc1. The predicted octanol–water partition coefficient (Wildman–Crippen LogP) is -0.210. The van der Waals surface area contributed by atoms with Crippen LogP contribution in [0.2, 0.25) is 0 Å². The van der Waals surface area contributed by atoms with Gasteiger partial charge in [0.15, 0.2) is 0 Å². The van der Waals surface area contributed by atoms with E-state index in [2.05, 4.69) is 9.44 Å². The summed E-state index contributed by atoms with van der Waals surface area (Å²) >= 11 is 0. The minimum absolute atomic E-state index is 0.179. The fourth-order valence-corrected chi connectivity index (χ4v) is 2.42. The van der Waals surface area contributed by atoms with Crippen LogP contribution in [0.4, 0.5) is 0 Å². The lowest BCUT2D eigenvalue weighted by atomic mass is 10.1. The number of hydrogen-bond acceptors (Lipinski definition) is 4. The smallest absolute Gasteiger partial charge is 0.277 e. The number of aliphatic hydroxyl groups excluding tert-OH is 1. The molecule has 0 heterocycles. The van der Waals surface area contributed by atoms with Gasteiger partial charge in [0.2, 0.25) is 0 Å². The Bertz CT molecular complexity index is 436. The van der Waals surface area contributed by atoms with Crippen molar-refractivity contribution in [3.8, 4) is 0 Å². The van der Waals surface area contributed by atoms with Gasteiger partial charge in [-0.2, -0.15) is 17.9 Å². The maximum absolute atomic E-state index is 11.7. The Kier molecular flexibility index (Phi) is 6.23. The summed E-state index contributed by atoms with van der Waals surface area (Å²) in [4.78, 5) is 0. The molecule has 0 bridgehead atoms. The number of hydrogen-bond donors (Lipinski definition) is 3. The Morgan fingerprint density at radius 3 is 2.56 bits per heavy atom. The second-order valence-electron chi connectivity index (χ2n) is 3.65. The highest BCUT2D eigenvalue weighted by Crippen LogP contribution is 2.12. The van der Waals surface area contributed by atoms with E-state index in [0.29, 0.717) is 5.56 Å². The summed E-state index contributed by atoms with van der Waals surface area (Å²) in [5, 5.41) is 9.23. The molecule has 102 valence electrons. The molecule has 0 spiro atoms. The molecular formula is C11H18N2O4S. The number of rotatable bonds is 8. The molecule has 3 N–H and O–H groups in total. The summed E-state index contributed by atoms with van der Waals surface area (Å²) < 4.78 is 32.8. The van der Waals surface area contributed by atoms with Crippen molar-refractivity contribution in [2.75, 3.05) is 26.9 Å². The maximum Gasteiger partial charge on any atom is 0.277 e. The highest BCUT2D eigenvalue weighted by atomic mass is 32.2. The van der Waals surface area contributed by atoms with E-state index in [1.54, 1.807) is 24.3 Å². The first-order valence-corrected chi connectivity index (χ1v) is 6.99. The summed E-state index contributed by atoms with van der Waals surface area (Å²) in [6, 6.07) is 8.22. The maximum atomic E-state index is 11.7. The number of nitrogens with one attached hydrogen (secondary N) is 2. The van der Waals surface area contributed by atoms with Gasteiger partial charge in [0.1, 0.15) is 0 Å². The lowest BCUT2D eigenvalue weighted by Gasteiger charge is -2.17. The molecular weight excluding hydrogens is 256 g/mol. The van der Waals surface area contributed by atoms with Crippen LogP contribution in [-0.2, 0) is 14.9 Å². The van der Waals surface area contributed by atoms with Crippen molar-refractivity contribution in [3.05, 3.63) is 35.9 Å².